The number of nitrogens with one attached hydrogen (secondary N) is 4. The summed E-state index contributed by atoms with van der Waals surface area (Å²) in [5.41, 5.74) is 0.829. The number of ketones is 1. The van der Waals surface area contributed by atoms with Gasteiger partial charge in [0.15, 0.2) is 57.7 Å². The molecule has 0 unspecified atom stereocenters. The van der Waals surface area contributed by atoms with Gasteiger partial charge in [-0.1, -0.05) is 36.8 Å². The minimum Gasteiger partial charge on any atom is -0.338 e. The smallest absolute Gasteiger partial charge is 0.338 e. The summed E-state index contributed by atoms with van der Waals surface area (Å²) in [6.45, 7) is 10.8. The van der Waals surface area contributed by atoms with Crippen molar-refractivity contribution >= 4 is 41.2 Å². The second-order valence-electron chi connectivity index (χ2n) is 33.9. The first-order chi connectivity index (χ1) is 61.0. The molecular formula is C87H91F19N16O7. The fourth-order valence-electron chi connectivity index (χ4n) is 19.0. The van der Waals surface area contributed by atoms with E-state index in [1.807, 2.05) is 4.90 Å². The van der Waals surface area contributed by atoms with Crippen LogP contribution in [0.1, 0.15) is 247 Å². The maximum Gasteiger partial charge on any atom is 0.419 e. The molecule has 1 aliphatic carbocycles. The Bertz CT molecular complexity index is 5530. The molecule has 12 heterocycles. The third-order valence-electron chi connectivity index (χ3n) is 26.0. The van der Waals surface area contributed by atoms with E-state index in [4.69, 9.17) is 0 Å². The summed E-state index contributed by atoms with van der Waals surface area (Å²) in [5, 5.41) is 28.3. The number of rotatable bonds is 11. The predicted octanol–water partition coefficient (Wildman–Crippen LogP) is 15.4. The van der Waals surface area contributed by atoms with Gasteiger partial charge in [0, 0.05) is 152 Å². The molecule has 4 aromatic carbocycles. The van der Waals surface area contributed by atoms with Crippen LogP contribution < -0.4 is 0 Å². The van der Waals surface area contributed by atoms with Crippen molar-refractivity contribution in [3.05, 3.63) is 208 Å². The first-order valence-corrected chi connectivity index (χ1v) is 42.4. The highest BCUT2D eigenvalue weighted by Crippen LogP contribution is 2.47. The summed E-state index contributed by atoms with van der Waals surface area (Å²) in [6.07, 6.45) is -11.9. The van der Waals surface area contributed by atoms with Gasteiger partial charge in [0.2, 0.25) is 11.8 Å². The van der Waals surface area contributed by atoms with Crippen molar-refractivity contribution in [3.63, 3.8) is 0 Å². The number of hydrogen-bond acceptors (Lipinski definition) is 13. The molecule has 0 spiro atoms. The second-order valence-corrected chi connectivity index (χ2v) is 33.9. The van der Waals surface area contributed by atoms with E-state index in [-0.39, 0.29) is 171 Å². The van der Waals surface area contributed by atoms with Crippen LogP contribution in [0.15, 0.2) is 54.6 Å². The Kier molecular flexibility index (Phi) is 27.7. The first kappa shape index (κ1) is 93.9. The lowest BCUT2D eigenvalue weighted by Crippen LogP contribution is -2.43. The molecule has 4 aromatic heterocycles. The molecule has 8 aliphatic heterocycles. The lowest BCUT2D eigenvalue weighted by Gasteiger charge is -2.39. The molecule has 23 nitrogen and oxygen atoms in total. The van der Waals surface area contributed by atoms with Gasteiger partial charge in [-0.3, -0.25) is 63.8 Å². The number of halogens is 19. The molecule has 694 valence electrons. The van der Waals surface area contributed by atoms with Gasteiger partial charge in [-0.15, -0.1) is 0 Å². The van der Waals surface area contributed by atoms with E-state index in [9.17, 15) is 117 Å². The van der Waals surface area contributed by atoms with Crippen molar-refractivity contribution in [1.82, 2.24) is 80.0 Å². The molecule has 4 saturated heterocycles. The fraction of sp³-hybridized carbons (Fsp3) is 0.506. The van der Waals surface area contributed by atoms with Crippen LogP contribution in [-0.2, 0) is 91.0 Å². The van der Waals surface area contributed by atoms with Gasteiger partial charge in [-0.05, 0) is 161 Å². The molecule has 17 rings (SSSR count). The highest BCUT2D eigenvalue weighted by molar-refractivity contribution is 5.96. The maximum atomic E-state index is 14.0. The van der Waals surface area contributed by atoms with Crippen molar-refractivity contribution in [1.29, 1.82) is 0 Å². The lowest BCUT2D eigenvalue weighted by molar-refractivity contribution is -0.142. The number of likely N-dealkylation sites (tertiary alicyclic amines) is 4. The number of alkyl halides is 12. The van der Waals surface area contributed by atoms with Crippen LogP contribution in [0.4, 0.5) is 83.4 Å². The van der Waals surface area contributed by atoms with Crippen LogP contribution in [-0.4, -0.2) is 212 Å². The quantitative estimate of drug-likeness (QED) is 0.0879. The van der Waals surface area contributed by atoms with Gasteiger partial charge >= 0.3 is 24.7 Å². The maximum absolute atomic E-state index is 14.0. The van der Waals surface area contributed by atoms with E-state index in [1.165, 1.54) is 62.0 Å². The molecule has 0 atom stereocenters. The average Bonchev–Trinajstić information content (AvgIpc) is 1.78. The average molecular weight is 1830 g/mol. The highest BCUT2D eigenvalue weighted by Gasteiger charge is 2.47. The Morgan fingerprint density at radius 3 is 1.02 bits per heavy atom. The minimum absolute atomic E-state index is 0.0480. The third kappa shape index (κ3) is 20.2. The lowest BCUT2D eigenvalue weighted by atomic mass is 9.85. The third-order valence-corrected chi connectivity index (χ3v) is 26.0. The predicted molar refractivity (Wildman–Crippen MR) is 422 cm³/mol. The molecular weight excluding hydrogens is 1740 g/mol. The van der Waals surface area contributed by atoms with Crippen LogP contribution in [0.3, 0.4) is 0 Å². The SMILES string of the molecule is CC(=O)CN1CCc2c(C(=O)N3CCC(c4ccc(F)c(F)c4C(F)(F)F)CC3)n[nH]c2C1.CC(=O)N1CCc2[nH]nc(C(=O)N3CCC(c4cccc(F)c4C(F)(F)F)CC3)c2C1.CC(=O)N1CCc2c(C(=O)N3CCC(c4ccc(F)c(F)c4C(F)(F)F)CC3)n[nH]c2C1.O=C(c1n[nH]c2c1CCN(C1CCC1)C2)N1CCC(c2ccc(F)c(F)c2C(F)(F)F)CC1. The van der Waals surface area contributed by atoms with Crippen LogP contribution in [0.5, 0.6) is 0 Å². The number of amides is 6. The van der Waals surface area contributed by atoms with E-state index in [0.29, 0.717) is 113 Å². The minimum atomic E-state index is -5.02. The molecule has 4 N–H and O–H groups in total. The summed E-state index contributed by atoms with van der Waals surface area (Å²) >= 11 is 0. The van der Waals surface area contributed by atoms with Crippen LogP contribution >= 0.6 is 0 Å². The van der Waals surface area contributed by atoms with E-state index in [1.54, 1.807) is 19.6 Å². The monoisotopic (exact) mass is 1830 g/mol. The summed E-state index contributed by atoms with van der Waals surface area (Å²) in [5.74, 6) is -15.2. The number of aromatic amines is 4. The van der Waals surface area contributed by atoms with Crippen molar-refractivity contribution < 1.29 is 117 Å². The number of benzene rings is 4. The molecule has 9 aliphatic rings. The summed E-state index contributed by atoms with van der Waals surface area (Å²) in [4.78, 5) is 101. The molecule has 129 heavy (non-hydrogen) atoms. The number of fused-ring (bicyclic) bond motifs is 4. The van der Waals surface area contributed by atoms with Gasteiger partial charge in [0.05, 0.1) is 52.4 Å². The van der Waals surface area contributed by atoms with Crippen molar-refractivity contribution in [2.75, 3.05) is 85.1 Å². The first-order valence-electron chi connectivity index (χ1n) is 42.4. The van der Waals surface area contributed by atoms with Gasteiger partial charge in [-0.2, -0.15) is 73.1 Å². The van der Waals surface area contributed by atoms with Crippen molar-refractivity contribution in [3.8, 4) is 0 Å². The second kappa shape index (κ2) is 38.1. The zero-order chi connectivity index (χ0) is 92.8. The number of Topliss-reactive ketones (excluding diaryl/α,β-unsaturated/α-hetero) is 1. The van der Waals surface area contributed by atoms with E-state index in [2.05, 4.69) is 45.7 Å². The van der Waals surface area contributed by atoms with Gasteiger partial charge in [-0.25, -0.2) is 30.7 Å². The normalized spacial score (nSPS) is 18.4. The summed E-state index contributed by atoms with van der Waals surface area (Å²) < 4.78 is 257. The van der Waals surface area contributed by atoms with E-state index >= 15 is 0 Å². The van der Waals surface area contributed by atoms with Gasteiger partial charge < -0.3 is 29.4 Å². The molecule has 5 fully saturated rings. The van der Waals surface area contributed by atoms with Crippen LogP contribution in [0.2, 0.25) is 0 Å². The molecule has 0 bridgehead atoms. The molecule has 42 heteroatoms. The zero-order valence-corrected chi connectivity index (χ0v) is 70.1. The molecule has 1 saturated carbocycles. The zero-order valence-electron chi connectivity index (χ0n) is 70.1. The largest absolute Gasteiger partial charge is 0.419 e. The number of nitrogens with zero attached hydrogens (tertiary/aromatic N) is 12. The Balaban J connectivity index is 0.000000139. The number of carbonyl (C=O) groups is 7. The summed E-state index contributed by atoms with van der Waals surface area (Å²) in [6, 6.07) is 9.16. The Morgan fingerprint density at radius 2 is 0.659 bits per heavy atom. The highest BCUT2D eigenvalue weighted by atomic mass is 19.4. The number of piperidine rings is 4. The number of carbonyl (C=O) groups excluding carboxylic acids is 7. The number of hydrogen-bond donors (Lipinski definition) is 4. The van der Waals surface area contributed by atoms with Crippen molar-refractivity contribution in [2.24, 2.45) is 0 Å². The molecule has 8 aromatic rings. The van der Waals surface area contributed by atoms with Crippen LogP contribution in [0.25, 0.3) is 0 Å². The standard InChI is InChI=1S/C23H25F5N4O.C22H23F5N4O2.C21H21F5N4O2.C21H22F4N4O2/c24-17-5-4-15(19(20(17)25)23(26,27)28)13-6-9-31(10-7-13)22(33)21-16-8-11-32(14-2-1-3-14)12-18(16)29-30-21;1-12(32)10-30-7-6-15-17(11-30)28-29-20(15)21(33)31-8-4-13(5-9-31)14-2-3-16(23)19(24)18(14)22(25,26)27;1-11(31)30-9-6-14-16(10-30)27-28-19(14)20(32)29-7-4-12(5-8-29)13-2-3-15(22)18(23)17(13)21(24,25)26;1-12(30)29-10-7-17-15(11-29)19(27-26-17)20(31)28-8-5-13(6-9-28)14-3-2-4-16(22)18(14)21(23,24)25/h4-5,13-14H,1-3,6-12H2,(H,29,30);2-3,13H,4-11H2,1H3,(H,28,29);2-3,12H,4-10H2,1H3,(H,27,28);2-4,13H,5-11H2,1H3,(H,26,27). The van der Waals surface area contributed by atoms with Crippen LogP contribution in [0, 0.1) is 40.7 Å². The Hall–Kier alpha value is -11.2. The van der Waals surface area contributed by atoms with Crippen molar-refractivity contribution in [2.45, 2.75) is 198 Å². The fourth-order valence-corrected chi connectivity index (χ4v) is 19.0. The molecule has 6 amide bonds. The Labute approximate surface area is 725 Å². The van der Waals surface area contributed by atoms with E-state index in [0.717, 1.165) is 83.6 Å². The molecule has 0 radical (unpaired) electrons. The summed E-state index contributed by atoms with van der Waals surface area (Å²) in [7, 11) is 0. The number of H-pyrrole nitrogens is 4. The Morgan fingerprint density at radius 1 is 0.333 bits per heavy atom. The number of aromatic nitrogens is 8. The van der Waals surface area contributed by atoms with E-state index < -0.39 is 111 Å². The van der Waals surface area contributed by atoms with Gasteiger partial charge in [0.25, 0.3) is 23.6 Å². The van der Waals surface area contributed by atoms with Gasteiger partial charge in [0.1, 0.15) is 11.6 Å². The topological polar surface area (TPSA) is 260 Å².